The minimum Gasteiger partial charge on any atom is -0.342 e. The largest absolute Gasteiger partial charge is 0.342 e. The Kier molecular flexibility index (Phi) is 5.49. The Morgan fingerprint density at radius 2 is 2.00 bits per heavy atom. The van der Waals surface area contributed by atoms with Gasteiger partial charge in [0.1, 0.15) is 0 Å². The van der Waals surface area contributed by atoms with Gasteiger partial charge < -0.3 is 4.90 Å². The zero-order valence-electron chi connectivity index (χ0n) is 10.4. The van der Waals surface area contributed by atoms with E-state index in [1.54, 1.807) is 0 Å². The third kappa shape index (κ3) is 4.06. The number of hydrogen-bond acceptors (Lipinski definition) is 2. The van der Waals surface area contributed by atoms with Crippen molar-refractivity contribution in [2.24, 2.45) is 11.8 Å². The average molecular weight is 276 g/mol. The summed E-state index contributed by atoms with van der Waals surface area (Å²) in [4.78, 5) is 14.2. The Bertz CT molecular complexity index is 256. The third-order valence-electron chi connectivity index (χ3n) is 3.96. The van der Waals surface area contributed by atoms with E-state index in [4.69, 9.17) is 11.6 Å². The lowest BCUT2D eigenvalue weighted by molar-refractivity contribution is -0.131. The van der Waals surface area contributed by atoms with Gasteiger partial charge in [0, 0.05) is 25.4 Å². The molecule has 0 spiro atoms. The molecule has 2 nitrogen and oxygen atoms in total. The van der Waals surface area contributed by atoms with Crippen LogP contribution < -0.4 is 0 Å². The first kappa shape index (κ1) is 13.5. The quantitative estimate of drug-likeness (QED) is 0.735. The molecule has 1 atom stereocenters. The van der Waals surface area contributed by atoms with E-state index in [0.717, 1.165) is 38.2 Å². The Hall–Kier alpha value is 0.110. The van der Waals surface area contributed by atoms with Crippen molar-refractivity contribution in [3.05, 3.63) is 0 Å². The molecule has 1 amide bonds. The highest BCUT2D eigenvalue weighted by Crippen LogP contribution is 2.27. The van der Waals surface area contributed by atoms with Crippen LogP contribution in [0.15, 0.2) is 0 Å². The summed E-state index contributed by atoms with van der Waals surface area (Å²) >= 11 is 7.78. The molecular weight excluding hydrogens is 254 g/mol. The molecule has 0 bridgehead atoms. The molecule has 0 N–H and O–H groups in total. The molecule has 2 aliphatic heterocycles. The lowest BCUT2D eigenvalue weighted by Gasteiger charge is -2.24. The fourth-order valence-corrected chi connectivity index (χ4v) is 4.29. The molecule has 0 aliphatic carbocycles. The smallest absolute Gasteiger partial charge is 0.222 e. The molecule has 2 fully saturated rings. The summed E-state index contributed by atoms with van der Waals surface area (Å²) in [5.41, 5.74) is 0. The normalized spacial score (nSPS) is 26.4. The van der Waals surface area contributed by atoms with Crippen LogP contribution in [-0.4, -0.2) is 41.3 Å². The van der Waals surface area contributed by atoms with Crippen molar-refractivity contribution < 1.29 is 4.79 Å². The number of likely N-dealkylation sites (tertiary alicyclic amines) is 1. The van der Waals surface area contributed by atoms with Gasteiger partial charge in [0.05, 0.1) is 0 Å². The van der Waals surface area contributed by atoms with Gasteiger partial charge in [0.15, 0.2) is 0 Å². The van der Waals surface area contributed by atoms with Gasteiger partial charge in [-0.15, -0.1) is 11.6 Å². The van der Waals surface area contributed by atoms with Crippen molar-refractivity contribution in [2.45, 2.75) is 32.1 Å². The second kappa shape index (κ2) is 6.89. The topological polar surface area (TPSA) is 20.3 Å². The van der Waals surface area contributed by atoms with E-state index in [1.807, 2.05) is 11.8 Å². The van der Waals surface area contributed by atoms with Gasteiger partial charge in [-0.05, 0) is 49.0 Å². The maximum absolute atomic E-state index is 12.1. The van der Waals surface area contributed by atoms with Gasteiger partial charge in [0.2, 0.25) is 5.91 Å². The van der Waals surface area contributed by atoms with Crippen molar-refractivity contribution in [3.8, 4) is 0 Å². The zero-order valence-corrected chi connectivity index (χ0v) is 11.9. The van der Waals surface area contributed by atoms with Crippen LogP contribution in [0.1, 0.15) is 32.1 Å². The van der Waals surface area contributed by atoms with Gasteiger partial charge in [0.25, 0.3) is 0 Å². The van der Waals surface area contributed by atoms with Crippen LogP contribution in [0.4, 0.5) is 0 Å². The Morgan fingerprint density at radius 1 is 1.24 bits per heavy atom. The van der Waals surface area contributed by atoms with Gasteiger partial charge in [-0.1, -0.05) is 0 Å². The molecule has 1 unspecified atom stereocenters. The predicted octanol–water partition coefficient (Wildman–Crippen LogP) is 3.00. The standard InChI is InChI=1S/C13H22ClNOS/c14-5-1-12-2-6-15(10-12)13(16)9-11-3-7-17-8-4-11/h11-12H,1-10H2. The number of rotatable bonds is 4. The van der Waals surface area contributed by atoms with Gasteiger partial charge in [-0.3, -0.25) is 4.79 Å². The first-order chi connectivity index (χ1) is 8.29. The monoisotopic (exact) mass is 275 g/mol. The van der Waals surface area contributed by atoms with Crippen LogP contribution in [0.25, 0.3) is 0 Å². The van der Waals surface area contributed by atoms with E-state index in [2.05, 4.69) is 4.90 Å². The number of carbonyl (C=O) groups is 1. The molecule has 2 saturated heterocycles. The highest BCUT2D eigenvalue weighted by Gasteiger charge is 2.27. The fraction of sp³-hybridized carbons (Fsp3) is 0.923. The van der Waals surface area contributed by atoms with Crippen molar-refractivity contribution in [2.75, 3.05) is 30.5 Å². The molecule has 0 radical (unpaired) electrons. The van der Waals surface area contributed by atoms with E-state index < -0.39 is 0 Å². The minimum absolute atomic E-state index is 0.388. The fourth-order valence-electron chi connectivity index (χ4n) is 2.78. The molecule has 2 rings (SSSR count). The molecule has 0 saturated carbocycles. The summed E-state index contributed by atoms with van der Waals surface area (Å²) in [7, 11) is 0. The lowest BCUT2D eigenvalue weighted by Crippen LogP contribution is -2.31. The zero-order chi connectivity index (χ0) is 12.1. The maximum atomic E-state index is 12.1. The number of halogens is 1. The van der Waals surface area contributed by atoms with Crippen molar-refractivity contribution in [3.63, 3.8) is 0 Å². The summed E-state index contributed by atoms with van der Waals surface area (Å²) in [5, 5.41) is 0. The van der Waals surface area contributed by atoms with E-state index in [-0.39, 0.29) is 0 Å². The maximum Gasteiger partial charge on any atom is 0.222 e. The number of alkyl halides is 1. The molecule has 4 heteroatoms. The highest BCUT2D eigenvalue weighted by atomic mass is 35.5. The average Bonchev–Trinajstić information content (AvgIpc) is 2.79. The summed E-state index contributed by atoms with van der Waals surface area (Å²) in [6.45, 7) is 1.91. The van der Waals surface area contributed by atoms with E-state index >= 15 is 0 Å². The Labute approximate surface area is 113 Å². The molecule has 0 aromatic heterocycles. The van der Waals surface area contributed by atoms with Crippen LogP contribution in [0.3, 0.4) is 0 Å². The number of nitrogens with zero attached hydrogens (tertiary/aromatic N) is 1. The van der Waals surface area contributed by atoms with E-state index in [0.29, 0.717) is 17.7 Å². The molecule has 2 heterocycles. The number of carbonyl (C=O) groups excluding carboxylic acids is 1. The predicted molar refractivity (Wildman–Crippen MR) is 74.7 cm³/mol. The van der Waals surface area contributed by atoms with Gasteiger partial charge in [-0.2, -0.15) is 11.8 Å². The number of hydrogen-bond donors (Lipinski definition) is 0. The lowest BCUT2D eigenvalue weighted by atomic mass is 9.98. The van der Waals surface area contributed by atoms with Crippen LogP contribution in [0, 0.1) is 11.8 Å². The van der Waals surface area contributed by atoms with Crippen molar-refractivity contribution in [1.82, 2.24) is 4.90 Å². The minimum atomic E-state index is 0.388. The van der Waals surface area contributed by atoms with Crippen LogP contribution in [0.5, 0.6) is 0 Å². The first-order valence-corrected chi connectivity index (χ1v) is 8.40. The first-order valence-electron chi connectivity index (χ1n) is 6.71. The van der Waals surface area contributed by atoms with Crippen LogP contribution in [0.2, 0.25) is 0 Å². The van der Waals surface area contributed by atoms with E-state index in [9.17, 15) is 4.79 Å². The highest BCUT2D eigenvalue weighted by molar-refractivity contribution is 7.99. The van der Waals surface area contributed by atoms with Crippen LogP contribution in [-0.2, 0) is 4.79 Å². The summed E-state index contributed by atoms with van der Waals surface area (Å²) in [6, 6.07) is 0. The molecular formula is C13H22ClNOS. The van der Waals surface area contributed by atoms with Crippen molar-refractivity contribution in [1.29, 1.82) is 0 Å². The van der Waals surface area contributed by atoms with Gasteiger partial charge in [-0.25, -0.2) is 0 Å². The SMILES string of the molecule is O=C(CC1CCSCC1)N1CCC(CCCl)C1. The van der Waals surface area contributed by atoms with E-state index in [1.165, 1.54) is 24.3 Å². The van der Waals surface area contributed by atoms with Crippen LogP contribution >= 0.6 is 23.4 Å². The van der Waals surface area contributed by atoms with Crippen molar-refractivity contribution >= 4 is 29.3 Å². The molecule has 0 aromatic rings. The molecule has 0 aromatic carbocycles. The van der Waals surface area contributed by atoms with Gasteiger partial charge >= 0.3 is 0 Å². The number of thioether (sulfide) groups is 1. The molecule has 17 heavy (non-hydrogen) atoms. The molecule has 98 valence electrons. The number of amides is 1. The Balaban J connectivity index is 1.72. The summed E-state index contributed by atoms with van der Waals surface area (Å²) in [5.74, 6) is 4.90. The Morgan fingerprint density at radius 3 is 2.71 bits per heavy atom. The second-order valence-corrected chi connectivity index (χ2v) is 6.83. The summed E-state index contributed by atoms with van der Waals surface area (Å²) < 4.78 is 0. The molecule has 2 aliphatic rings. The second-order valence-electron chi connectivity index (χ2n) is 5.23. The third-order valence-corrected chi connectivity index (χ3v) is 5.23. The summed E-state index contributed by atoms with van der Waals surface area (Å²) in [6.07, 6.45) is 5.46.